The highest BCUT2D eigenvalue weighted by molar-refractivity contribution is 7.24. The van der Waals surface area contributed by atoms with Crippen molar-refractivity contribution in [2.24, 2.45) is 5.92 Å². The second-order valence-corrected chi connectivity index (χ2v) is 4.07. The molecule has 66 valence electrons. The Kier molecular flexibility index (Phi) is 6.85. The van der Waals surface area contributed by atoms with E-state index in [2.05, 4.69) is 20.8 Å². The molecular weight excluding hydrogens is 155 g/mol. The first-order valence-electron chi connectivity index (χ1n) is 4.58. The van der Waals surface area contributed by atoms with Crippen LogP contribution in [0.5, 0.6) is 0 Å². The van der Waals surface area contributed by atoms with Gasteiger partial charge in [0.15, 0.2) is 8.46 Å². The van der Waals surface area contributed by atoms with Gasteiger partial charge in [-0.1, -0.05) is 40.0 Å². The van der Waals surface area contributed by atoms with Crippen LogP contribution in [0.3, 0.4) is 0 Å². The van der Waals surface area contributed by atoms with Crippen molar-refractivity contribution in [3.05, 3.63) is 0 Å². The molecule has 0 aromatic heterocycles. The van der Waals surface area contributed by atoms with Crippen LogP contribution in [0.1, 0.15) is 46.5 Å². The lowest BCUT2D eigenvalue weighted by molar-refractivity contribution is 0.478. The van der Waals surface area contributed by atoms with Gasteiger partial charge in [-0.05, 0) is 12.3 Å². The third-order valence-corrected chi connectivity index (χ3v) is 3.33. The fraction of sp³-hybridized carbons (Fsp3) is 1.00. The standard InChI is InChI=1S/C9H19OP/c1-4-6-7-9(11-10)8(3)5-2/h8-9H,4-7H2,1-3H3. The van der Waals surface area contributed by atoms with Crippen molar-refractivity contribution in [2.45, 2.75) is 52.1 Å². The molecular formula is C9H19OP. The van der Waals surface area contributed by atoms with Crippen LogP contribution < -0.4 is 0 Å². The van der Waals surface area contributed by atoms with Crippen LogP contribution in [-0.4, -0.2) is 5.66 Å². The van der Waals surface area contributed by atoms with Crippen molar-refractivity contribution in [1.82, 2.24) is 0 Å². The summed E-state index contributed by atoms with van der Waals surface area (Å²) in [5.41, 5.74) is 0.403. The second kappa shape index (κ2) is 6.79. The molecule has 0 rings (SSSR count). The summed E-state index contributed by atoms with van der Waals surface area (Å²) in [6.45, 7) is 6.52. The van der Waals surface area contributed by atoms with Gasteiger partial charge in [-0.2, -0.15) is 0 Å². The maximum Gasteiger partial charge on any atom is 0.158 e. The van der Waals surface area contributed by atoms with Crippen molar-refractivity contribution in [3.8, 4) is 0 Å². The Morgan fingerprint density at radius 1 is 1.36 bits per heavy atom. The molecule has 2 heteroatoms. The summed E-state index contributed by atoms with van der Waals surface area (Å²) in [5.74, 6) is 0.612. The van der Waals surface area contributed by atoms with Gasteiger partial charge in [-0.3, -0.25) is 4.57 Å². The van der Waals surface area contributed by atoms with E-state index in [1.165, 1.54) is 12.8 Å². The first-order chi connectivity index (χ1) is 5.26. The van der Waals surface area contributed by atoms with Gasteiger partial charge in [0, 0.05) is 5.66 Å². The van der Waals surface area contributed by atoms with E-state index in [1.807, 2.05) is 0 Å². The molecule has 0 radical (unpaired) electrons. The third kappa shape index (κ3) is 4.53. The highest BCUT2D eigenvalue weighted by Gasteiger charge is 2.14. The van der Waals surface area contributed by atoms with Gasteiger partial charge >= 0.3 is 0 Å². The van der Waals surface area contributed by atoms with E-state index in [9.17, 15) is 4.57 Å². The Bertz CT molecular complexity index is 104. The van der Waals surface area contributed by atoms with Crippen molar-refractivity contribution >= 4 is 8.46 Å². The van der Waals surface area contributed by atoms with Crippen molar-refractivity contribution in [1.29, 1.82) is 0 Å². The molecule has 0 aromatic carbocycles. The Morgan fingerprint density at radius 3 is 2.36 bits per heavy atom. The molecule has 0 aliphatic carbocycles. The SMILES string of the molecule is CCCCC(P=O)C(C)CC. The summed E-state index contributed by atoms with van der Waals surface area (Å²) in [4.78, 5) is 0. The molecule has 0 bridgehead atoms. The Hall–Kier alpha value is 0.100. The van der Waals surface area contributed by atoms with Gasteiger partial charge < -0.3 is 0 Å². The maximum atomic E-state index is 10.7. The van der Waals surface area contributed by atoms with Crippen LogP contribution in [0, 0.1) is 5.92 Å². The quantitative estimate of drug-likeness (QED) is 0.558. The number of unbranched alkanes of at least 4 members (excludes halogenated alkanes) is 1. The zero-order valence-corrected chi connectivity index (χ0v) is 8.73. The lowest BCUT2D eigenvalue weighted by atomic mass is 10.0. The van der Waals surface area contributed by atoms with Gasteiger partial charge in [0.25, 0.3) is 0 Å². The van der Waals surface area contributed by atoms with Crippen LogP contribution in [0.4, 0.5) is 0 Å². The molecule has 11 heavy (non-hydrogen) atoms. The zero-order valence-electron chi connectivity index (χ0n) is 7.84. The Labute approximate surface area is 71.8 Å². The van der Waals surface area contributed by atoms with E-state index in [0.717, 1.165) is 12.8 Å². The van der Waals surface area contributed by atoms with Gasteiger partial charge in [-0.25, -0.2) is 0 Å². The molecule has 0 saturated heterocycles. The smallest absolute Gasteiger partial charge is 0.158 e. The summed E-state index contributed by atoms with van der Waals surface area (Å²) in [6, 6.07) is 0. The highest BCUT2D eigenvalue weighted by atomic mass is 31.1. The van der Waals surface area contributed by atoms with E-state index < -0.39 is 0 Å². The first kappa shape index (κ1) is 11.1. The number of hydrogen-bond acceptors (Lipinski definition) is 1. The van der Waals surface area contributed by atoms with Crippen molar-refractivity contribution in [2.75, 3.05) is 0 Å². The molecule has 0 aliphatic rings. The largest absolute Gasteiger partial charge is 0.275 e. The maximum absolute atomic E-state index is 10.7. The van der Waals surface area contributed by atoms with Crippen LogP contribution >= 0.6 is 8.46 Å². The molecule has 0 heterocycles. The summed E-state index contributed by atoms with van der Waals surface area (Å²) < 4.78 is 10.7. The molecule has 2 unspecified atom stereocenters. The van der Waals surface area contributed by atoms with Gasteiger partial charge in [0.05, 0.1) is 0 Å². The molecule has 0 N–H and O–H groups in total. The van der Waals surface area contributed by atoms with Gasteiger partial charge in [-0.15, -0.1) is 0 Å². The Balaban J connectivity index is 3.65. The fourth-order valence-electron chi connectivity index (χ4n) is 1.13. The molecule has 0 spiro atoms. The summed E-state index contributed by atoms with van der Waals surface area (Å²) in [7, 11) is 0.344. The average molecular weight is 174 g/mol. The Morgan fingerprint density at radius 2 is 2.00 bits per heavy atom. The van der Waals surface area contributed by atoms with E-state index in [4.69, 9.17) is 0 Å². The molecule has 2 atom stereocenters. The fourth-order valence-corrected chi connectivity index (χ4v) is 1.83. The predicted octanol–water partition coefficient (Wildman–Crippen LogP) is 3.88. The van der Waals surface area contributed by atoms with Crippen molar-refractivity contribution < 1.29 is 4.57 Å². The molecule has 0 aromatic rings. The van der Waals surface area contributed by atoms with Gasteiger partial charge in [0.2, 0.25) is 0 Å². The predicted molar refractivity (Wildman–Crippen MR) is 50.4 cm³/mol. The molecule has 0 fully saturated rings. The zero-order chi connectivity index (χ0) is 8.69. The molecule has 1 nitrogen and oxygen atoms in total. The first-order valence-corrected chi connectivity index (χ1v) is 5.46. The summed E-state index contributed by atoms with van der Waals surface area (Å²) in [6.07, 6.45) is 4.69. The van der Waals surface area contributed by atoms with Crippen LogP contribution in [0.2, 0.25) is 0 Å². The molecule has 0 aliphatic heterocycles. The molecule has 0 saturated carbocycles. The van der Waals surface area contributed by atoms with Crippen LogP contribution in [0.15, 0.2) is 0 Å². The number of rotatable bonds is 6. The van der Waals surface area contributed by atoms with E-state index in [0.29, 0.717) is 20.0 Å². The average Bonchev–Trinajstić information content (AvgIpc) is 2.05. The minimum absolute atomic E-state index is 0.344. The minimum atomic E-state index is 0.344. The van der Waals surface area contributed by atoms with Crippen LogP contribution in [-0.2, 0) is 4.57 Å². The highest BCUT2D eigenvalue weighted by Crippen LogP contribution is 2.24. The lowest BCUT2D eigenvalue weighted by Crippen LogP contribution is -2.10. The molecule has 0 amide bonds. The minimum Gasteiger partial charge on any atom is -0.275 e. The van der Waals surface area contributed by atoms with E-state index in [1.54, 1.807) is 0 Å². The van der Waals surface area contributed by atoms with Gasteiger partial charge in [0.1, 0.15) is 0 Å². The lowest BCUT2D eigenvalue weighted by Gasteiger charge is -2.14. The van der Waals surface area contributed by atoms with E-state index in [-0.39, 0.29) is 0 Å². The topological polar surface area (TPSA) is 17.1 Å². The second-order valence-electron chi connectivity index (χ2n) is 3.20. The third-order valence-electron chi connectivity index (χ3n) is 2.29. The van der Waals surface area contributed by atoms with Crippen LogP contribution in [0.25, 0.3) is 0 Å². The monoisotopic (exact) mass is 174 g/mol. The number of hydrogen-bond donors (Lipinski definition) is 0. The summed E-state index contributed by atoms with van der Waals surface area (Å²) in [5, 5.41) is 0. The normalized spacial score (nSPS) is 16.6. The summed E-state index contributed by atoms with van der Waals surface area (Å²) >= 11 is 0. The van der Waals surface area contributed by atoms with E-state index >= 15 is 0 Å². The van der Waals surface area contributed by atoms with Crippen molar-refractivity contribution in [3.63, 3.8) is 0 Å².